The van der Waals surface area contributed by atoms with E-state index in [1.165, 1.54) is 31.2 Å². The van der Waals surface area contributed by atoms with E-state index < -0.39 is 0 Å². The SMILES string of the molecule is CNCCCCCCc1ccc(OC)cc1Br. The number of methoxy groups -OCH3 is 1. The Morgan fingerprint density at radius 3 is 2.59 bits per heavy atom. The first kappa shape index (κ1) is 14.5. The van der Waals surface area contributed by atoms with Crippen LogP contribution < -0.4 is 10.1 Å². The fraction of sp³-hybridized carbons (Fsp3) is 0.571. The lowest BCUT2D eigenvalue weighted by atomic mass is 10.1. The zero-order valence-corrected chi connectivity index (χ0v) is 12.3. The zero-order chi connectivity index (χ0) is 12.5. The molecule has 0 spiro atoms. The van der Waals surface area contributed by atoms with Gasteiger partial charge in [-0.15, -0.1) is 0 Å². The Morgan fingerprint density at radius 1 is 1.18 bits per heavy atom. The Kier molecular flexibility index (Phi) is 7.29. The lowest BCUT2D eigenvalue weighted by Gasteiger charge is -2.07. The predicted molar refractivity (Wildman–Crippen MR) is 76.8 cm³/mol. The van der Waals surface area contributed by atoms with Crippen molar-refractivity contribution in [2.24, 2.45) is 0 Å². The van der Waals surface area contributed by atoms with E-state index in [1.807, 2.05) is 19.2 Å². The molecular formula is C14H22BrNO. The molecule has 0 aliphatic carbocycles. The number of aryl methyl sites for hydroxylation is 1. The summed E-state index contributed by atoms with van der Waals surface area (Å²) >= 11 is 3.59. The minimum Gasteiger partial charge on any atom is -0.497 e. The highest BCUT2D eigenvalue weighted by atomic mass is 79.9. The molecule has 1 aromatic rings. The zero-order valence-electron chi connectivity index (χ0n) is 10.8. The maximum absolute atomic E-state index is 5.18. The summed E-state index contributed by atoms with van der Waals surface area (Å²) < 4.78 is 6.34. The summed E-state index contributed by atoms with van der Waals surface area (Å²) in [4.78, 5) is 0. The van der Waals surface area contributed by atoms with E-state index >= 15 is 0 Å². The lowest BCUT2D eigenvalue weighted by Crippen LogP contribution is -2.06. The van der Waals surface area contributed by atoms with Crippen LogP contribution in [-0.4, -0.2) is 20.7 Å². The second-order valence-corrected chi connectivity index (χ2v) is 5.08. The summed E-state index contributed by atoms with van der Waals surface area (Å²) in [5, 5.41) is 3.18. The van der Waals surface area contributed by atoms with Crippen molar-refractivity contribution in [1.29, 1.82) is 0 Å². The first-order chi connectivity index (χ1) is 8.27. The van der Waals surface area contributed by atoms with Crippen molar-refractivity contribution in [2.45, 2.75) is 32.1 Å². The number of halogens is 1. The lowest BCUT2D eigenvalue weighted by molar-refractivity contribution is 0.414. The van der Waals surface area contributed by atoms with Crippen molar-refractivity contribution in [3.05, 3.63) is 28.2 Å². The summed E-state index contributed by atoms with van der Waals surface area (Å²) in [6.45, 7) is 1.13. The molecule has 0 heterocycles. The van der Waals surface area contributed by atoms with Gasteiger partial charge in [-0.3, -0.25) is 0 Å². The van der Waals surface area contributed by atoms with Crippen LogP contribution in [0.4, 0.5) is 0 Å². The van der Waals surface area contributed by atoms with Gasteiger partial charge in [0.15, 0.2) is 0 Å². The average molecular weight is 300 g/mol. The molecule has 1 N–H and O–H groups in total. The molecule has 3 heteroatoms. The van der Waals surface area contributed by atoms with Gasteiger partial charge in [0.05, 0.1) is 7.11 Å². The van der Waals surface area contributed by atoms with Crippen molar-refractivity contribution in [3.8, 4) is 5.75 Å². The summed E-state index contributed by atoms with van der Waals surface area (Å²) in [6, 6.07) is 6.22. The van der Waals surface area contributed by atoms with E-state index in [-0.39, 0.29) is 0 Å². The average Bonchev–Trinajstić information content (AvgIpc) is 2.35. The molecule has 0 saturated heterocycles. The van der Waals surface area contributed by atoms with Gasteiger partial charge in [-0.25, -0.2) is 0 Å². The van der Waals surface area contributed by atoms with Gasteiger partial charge in [-0.2, -0.15) is 0 Å². The normalized spacial score (nSPS) is 10.5. The van der Waals surface area contributed by atoms with Crippen LogP contribution in [0, 0.1) is 0 Å². The summed E-state index contributed by atoms with van der Waals surface area (Å²) in [6.07, 6.45) is 6.30. The maximum Gasteiger partial charge on any atom is 0.120 e. The molecule has 1 rings (SSSR count). The third-order valence-corrected chi connectivity index (χ3v) is 3.62. The van der Waals surface area contributed by atoms with Gasteiger partial charge >= 0.3 is 0 Å². The third kappa shape index (κ3) is 5.55. The molecule has 0 bridgehead atoms. The minimum absolute atomic E-state index is 0.912. The number of hydrogen-bond donors (Lipinski definition) is 1. The molecule has 0 atom stereocenters. The number of unbranched alkanes of at least 4 members (excludes halogenated alkanes) is 3. The third-order valence-electron chi connectivity index (χ3n) is 2.88. The van der Waals surface area contributed by atoms with Crippen LogP contribution in [0.2, 0.25) is 0 Å². The van der Waals surface area contributed by atoms with Crippen LogP contribution in [0.25, 0.3) is 0 Å². The van der Waals surface area contributed by atoms with Gasteiger partial charge in [0.1, 0.15) is 5.75 Å². The molecule has 2 nitrogen and oxygen atoms in total. The molecule has 0 radical (unpaired) electrons. The minimum atomic E-state index is 0.912. The molecule has 1 aromatic carbocycles. The Morgan fingerprint density at radius 2 is 1.94 bits per heavy atom. The van der Waals surface area contributed by atoms with Gasteiger partial charge < -0.3 is 10.1 Å². The molecule has 0 fully saturated rings. The van der Waals surface area contributed by atoms with Gasteiger partial charge in [-0.05, 0) is 50.6 Å². The second-order valence-electron chi connectivity index (χ2n) is 4.23. The van der Waals surface area contributed by atoms with E-state index in [0.29, 0.717) is 0 Å². The number of ether oxygens (including phenoxy) is 1. The summed E-state index contributed by atoms with van der Waals surface area (Å²) in [5.41, 5.74) is 1.37. The van der Waals surface area contributed by atoms with Crippen molar-refractivity contribution in [2.75, 3.05) is 20.7 Å². The van der Waals surface area contributed by atoms with Crippen LogP contribution in [0.5, 0.6) is 5.75 Å². The van der Waals surface area contributed by atoms with E-state index in [9.17, 15) is 0 Å². The summed E-state index contributed by atoms with van der Waals surface area (Å²) in [5.74, 6) is 0.912. The Balaban J connectivity index is 2.27. The van der Waals surface area contributed by atoms with Crippen LogP contribution in [0.1, 0.15) is 31.2 Å². The molecule has 0 unspecified atom stereocenters. The highest BCUT2D eigenvalue weighted by Gasteiger charge is 2.01. The molecule has 0 aliphatic rings. The van der Waals surface area contributed by atoms with Crippen LogP contribution >= 0.6 is 15.9 Å². The fourth-order valence-electron chi connectivity index (χ4n) is 1.83. The van der Waals surface area contributed by atoms with Crippen LogP contribution in [0.15, 0.2) is 22.7 Å². The smallest absolute Gasteiger partial charge is 0.120 e. The maximum atomic E-state index is 5.18. The van der Waals surface area contributed by atoms with E-state index in [2.05, 4.69) is 27.3 Å². The van der Waals surface area contributed by atoms with E-state index in [1.54, 1.807) is 7.11 Å². The number of benzene rings is 1. The highest BCUT2D eigenvalue weighted by molar-refractivity contribution is 9.10. The monoisotopic (exact) mass is 299 g/mol. The topological polar surface area (TPSA) is 21.3 Å². The fourth-order valence-corrected chi connectivity index (χ4v) is 2.38. The number of rotatable bonds is 8. The van der Waals surface area contributed by atoms with Gasteiger partial charge in [0, 0.05) is 4.47 Å². The van der Waals surface area contributed by atoms with Gasteiger partial charge in [-0.1, -0.05) is 34.8 Å². The molecular weight excluding hydrogens is 278 g/mol. The molecule has 0 amide bonds. The highest BCUT2D eigenvalue weighted by Crippen LogP contribution is 2.24. The van der Waals surface area contributed by atoms with E-state index in [0.717, 1.165) is 23.2 Å². The first-order valence-electron chi connectivity index (χ1n) is 6.25. The van der Waals surface area contributed by atoms with Gasteiger partial charge in [0.25, 0.3) is 0 Å². The first-order valence-corrected chi connectivity index (χ1v) is 7.04. The second kappa shape index (κ2) is 8.54. The number of hydrogen-bond acceptors (Lipinski definition) is 2. The number of nitrogens with one attached hydrogen (secondary N) is 1. The largest absolute Gasteiger partial charge is 0.497 e. The van der Waals surface area contributed by atoms with Crippen molar-refractivity contribution >= 4 is 15.9 Å². The van der Waals surface area contributed by atoms with Crippen molar-refractivity contribution in [3.63, 3.8) is 0 Å². The molecule has 0 saturated carbocycles. The van der Waals surface area contributed by atoms with Crippen LogP contribution in [0.3, 0.4) is 0 Å². The predicted octanol–water partition coefficient (Wildman–Crippen LogP) is 3.78. The molecule has 96 valence electrons. The Bertz CT molecular complexity index is 328. The summed E-state index contributed by atoms with van der Waals surface area (Å²) in [7, 11) is 3.71. The molecule has 17 heavy (non-hydrogen) atoms. The molecule has 0 aromatic heterocycles. The van der Waals surface area contributed by atoms with Crippen LogP contribution in [-0.2, 0) is 6.42 Å². The van der Waals surface area contributed by atoms with Crippen molar-refractivity contribution < 1.29 is 4.74 Å². The van der Waals surface area contributed by atoms with Crippen molar-refractivity contribution in [1.82, 2.24) is 5.32 Å². The van der Waals surface area contributed by atoms with E-state index in [4.69, 9.17) is 4.74 Å². The Hall–Kier alpha value is -0.540. The quantitative estimate of drug-likeness (QED) is 0.738. The Labute approximate surface area is 113 Å². The van der Waals surface area contributed by atoms with Gasteiger partial charge in [0.2, 0.25) is 0 Å². The standard InChI is InChI=1S/C14H22BrNO/c1-16-10-6-4-3-5-7-12-8-9-13(17-2)11-14(12)15/h8-9,11,16H,3-7,10H2,1-2H3. The molecule has 0 aliphatic heterocycles.